The molecule has 0 aliphatic rings. The Morgan fingerprint density at radius 1 is 1.10 bits per heavy atom. The van der Waals surface area contributed by atoms with Gasteiger partial charge in [0.2, 0.25) is 11.5 Å². The first-order chi connectivity index (χ1) is 15.0. The fraction of sp³-hybridized carbons (Fsp3) is 0.136. The summed E-state index contributed by atoms with van der Waals surface area (Å²) >= 11 is 0. The monoisotopic (exact) mass is 416 g/mol. The van der Waals surface area contributed by atoms with E-state index in [0.29, 0.717) is 22.7 Å². The van der Waals surface area contributed by atoms with Crippen LogP contribution >= 0.6 is 0 Å². The van der Waals surface area contributed by atoms with E-state index in [4.69, 9.17) is 4.52 Å². The molecule has 31 heavy (non-hydrogen) atoms. The molecule has 0 atom stereocenters. The van der Waals surface area contributed by atoms with Crippen molar-refractivity contribution in [2.75, 3.05) is 0 Å². The van der Waals surface area contributed by atoms with Crippen LogP contribution < -0.4 is 0 Å². The number of hydrogen-bond acceptors (Lipinski definition) is 6. The third kappa shape index (κ3) is 3.39. The van der Waals surface area contributed by atoms with Gasteiger partial charge in [0.15, 0.2) is 5.65 Å². The summed E-state index contributed by atoms with van der Waals surface area (Å²) in [4.78, 5) is 21.4. The minimum Gasteiger partial charge on any atom is -0.353 e. The van der Waals surface area contributed by atoms with Crippen LogP contribution in [0.4, 0.5) is 4.39 Å². The van der Waals surface area contributed by atoms with Crippen LogP contribution in [0.1, 0.15) is 22.1 Å². The first-order valence-corrected chi connectivity index (χ1v) is 9.58. The molecule has 0 N–H and O–H groups in total. The number of carbonyl (C=O) groups is 1. The van der Waals surface area contributed by atoms with Crippen LogP contribution in [0.5, 0.6) is 0 Å². The van der Waals surface area contributed by atoms with Crippen molar-refractivity contribution in [2.24, 2.45) is 7.05 Å². The van der Waals surface area contributed by atoms with Crippen LogP contribution in [-0.2, 0) is 13.5 Å². The van der Waals surface area contributed by atoms with Crippen LogP contribution in [0, 0.1) is 12.7 Å². The Morgan fingerprint density at radius 2 is 1.90 bits per heavy atom. The summed E-state index contributed by atoms with van der Waals surface area (Å²) in [5.41, 5.74) is 4.19. The smallest absolute Gasteiger partial charge is 0.206 e. The van der Waals surface area contributed by atoms with Gasteiger partial charge in [0.25, 0.3) is 0 Å². The number of benzene rings is 1. The molecule has 1 aromatic carbocycles. The van der Waals surface area contributed by atoms with E-state index in [-0.39, 0.29) is 23.8 Å². The number of halogens is 1. The predicted molar refractivity (Wildman–Crippen MR) is 110 cm³/mol. The minimum atomic E-state index is -0.302. The highest BCUT2D eigenvalue weighted by atomic mass is 19.1. The summed E-state index contributed by atoms with van der Waals surface area (Å²) in [5, 5.41) is 8.24. The van der Waals surface area contributed by atoms with Gasteiger partial charge in [-0.3, -0.25) is 4.79 Å². The predicted octanol–water partition coefficient (Wildman–Crippen LogP) is 3.66. The molecule has 0 amide bonds. The SMILES string of the molecule is Cc1nc(-c2ccc(F)cc2)c(-c2ccc3nc(CC(=O)c4ccno4)cn3n2)n1C. The fourth-order valence-electron chi connectivity index (χ4n) is 3.47. The lowest BCUT2D eigenvalue weighted by atomic mass is 10.1. The van der Waals surface area contributed by atoms with E-state index < -0.39 is 0 Å². The topological polar surface area (TPSA) is 91.1 Å². The van der Waals surface area contributed by atoms with Crippen molar-refractivity contribution in [1.29, 1.82) is 0 Å². The molecule has 0 saturated heterocycles. The first-order valence-electron chi connectivity index (χ1n) is 9.58. The second-order valence-electron chi connectivity index (χ2n) is 7.15. The second kappa shape index (κ2) is 7.28. The molecule has 4 heterocycles. The molecule has 0 spiro atoms. The highest BCUT2D eigenvalue weighted by Crippen LogP contribution is 2.31. The average Bonchev–Trinajstić information content (AvgIpc) is 3.48. The number of nitrogens with zero attached hydrogens (tertiary/aromatic N) is 6. The third-order valence-corrected chi connectivity index (χ3v) is 5.10. The van der Waals surface area contributed by atoms with Crippen LogP contribution in [0.15, 0.2) is 59.4 Å². The van der Waals surface area contributed by atoms with Crippen molar-refractivity contribution < 1.29 is 13.7 Å². The van der Waals surface area contributed by atoms with Gasteiger partial charge in [-0.2, -0.15) is 5.10 Å². The molecule has 5 rings (SSSR count). The van der Waals surface area contributed by atoms with Crippen molar-refractivity contribution >= 4 is 11.4 Å². The number of Topliss-reactive ketones (excluding diaryl/α,β-unsaturated/α-hetero) is 1. The molecule has 5 aromatic rings. The Balaban J connectivity index is 1.54. The summed E-state index contributed by atoms with van der Waals surface area (Å²) < 4.78 is 21.9. The summed E-state index contributed by atoms with van der Waals surface area (Å²) in [7, 11) is 1.91. The molecule has 0 fully saturated rings. The maximum atomic E-state index is 13.4. The van der Waals surface area contributed by atoms with Crippen molar-refractivity contribution in [1.82, 2.24) is 29.3 Å². The average molecular weight is 416 g/mol. The van der Waals surface area contributed by atoms with Gasteiger partial charge in [-0.05, 0) is 43.3 Å². The second-order valence-corrected chi connectivity index (χ2v) is 7.15. The molecule has 0 radical (unpaired) electrons. The van der Waals surface area contributed by atoms with Crippen molar-refractivity contribution in [2.45, 2.75) is 13.3 Å². The van der Waals surface area contributed by atoms with Crippen molar-refractivity contribution in [3.8, 4) is 22.6 Å². The standard InChI is InChI=1S/C22H17FN6O2/c1-13-25-21(14-3-5-15(23)6-4-14)22(28(13)2)17-7-8-20-26-16(12-29(20)27-17)11-18(30)19-9-10-24-31-19/h3-10,12H,11H2,1-2H3. The zero-order valence-electron chi connectivity index (χ0n) is 16.8. The van der Waals surface area contributed by atoms with E-state index in [1.165, 1.54) is 24.4 Å². The van der Waals surface area contributed by atoms with Gasteiger partial charge >= 0.3 is 0 Å². The largest absolute Gasteiger partial charge is 0.353 e. The summed E-state index contributed by atoms with van der Waals surface area (Å²) in [6, 6.07) is 11.4. The van der Waals surface area contributed by atoms with Crippen molar-refractivity contribution in [3.05, 3.63) is 78.0 Å². The summed E-state index contributed by atoms with van der Waals surface area (Å²) in [6.07, 6.45) is 3.23. The van der Waals surface area contributed by atoms with Gasteiger partial charge < -0.3 is 9.09 Å². The molecule has 0 saturated carbocycles. The Kier molecular flexibility index (Phi) is 4.43. The molecule has 0 bridgehead atoms. The molecule has 0 aliphatic carbocycles. The van der Waals surface area contributed by atoms with Gasteiger partial charge in [-0.15, -0.1) is 0 Å². The van der Waals surface area contributed by atoms with E-state index >= 15 is 0 Å². The number of hydrogen-bond donors (Lipinski definition) is 0. The summed E-state index contributed by atoms with van der Waals surface area (Å²) in [5.74, 6) is 0.491. The number of aromatic nitrogens is 6. The zero-order chi connectivity index (χ0) is 21.5. The van der Waals surface area contributed by atoms with Gasteiger partial charge in [-0.1, -0.05) is 5.16 Å². The van der Waals surface area contributed by atoms with Crippen LogP contribution in [0.3, 0.4) is 0 Å². The number of ketones is 1. The Morgan fingerprint density at radius 3 is 2.65 bits per heavy atom. The Labute approximate surface area is 176 Å². The molecular formula is C22H17FN6O2. The normalized spacial score (nSPS) is 11.3. The van der Waals surface area contributed by atoms with E-state index in [9.17, 15) is 9.18 Å². The molecule has 0 aliphatic heterocycles. The van der Waals surface area contributed by atoms with E-state index in [1.54, 1.807) is 22.8 Å². The van der Waals surface area contributed by atoms with E-state index in [2.05, 4.69) is 20.2 Å². The molecule has 154 valence electrons. The van der Waals surface area contributed by atoms with Crippen molar-refractivity contribution in [3.63, 3.8) is 0 Å². The molecular weight excluding hydrogens is 399 g/mol. The number of carbonyl (C=O) groups excluding carboxylic acids is 1. The number of aryl methyl sites for hydroxylation is 1. The van der Waals surface area contributed by atoms with E-state index in [0.717, 1.165) is 17.1 Å². The fourth-order valence-corrected chi connectivity index (χ4v) is 3.47. The van der Waals surface area contributed by atoms with Gasteiger partial charge in [0.1, 0.15) is 17.3 Å². The minimum absolute atomic E-state index is 0.0829. The lowest BCUT2D eigenvalue weighted by Crippen LogP contribution is -2.02. The molecule has 9 heteroatoms. The zero-order valence-corrected chi connectivity index (χ0v) is 16.8. The highest BCUT2D eigenvalue weighted by molar-refractivity contribution is 5.94. The Hall–Kier alpha value is -4.14. The highest BCUT2D eigenvalue weighted by Gasteiger charge is 2.19. The van der Waals surface area contributed by atoms with Gasteiger partial charge in [-0.25, -0.2) is 18.9 Å². The molecule has 0 unspecified atom stereocenters. The Bertz CT molecular complexity index is 1400. The first kappa shape index (κ1) is 18.9. The number of rotatable bonds is 5. The molecule has 8 nitrogen and oxygen atoms in total. The number of fused-ring (bicyclic) bond motifs is 1. The van der Waals surface area contributed by atoms with Crippen LogP contribution in [-0.4, -0.2) is 35.1 Å². The lowest BCUT2D eigenvalue weighted by molar-refractivity contribution is 0.0956. The summed E-state index contributed by atoms with van der Waals surface area (Å²) in [6.45, 7) is 1.90. The lowest BCUT2D eigenvalue weighted by Gasteiger charge is -2.07. The number of imidazole rings is 2. The quantitative estimate of drug-likeness (QED) is 0.406. The van der Waals surface area contributed by atoms with E-state index in [1.807, 2.05) is 30.7 Å². The third-order valence-electron chi connectivity index (χ3n) is 5.10. The van der Waals surface area contributed by atoms with Crippen LogP contribution in [0.25, 0.3) is 28.3 Å². The molecule has 4 aromatic heterocycles. The maximum Gasteiger partial charge on any atom is 0.206 e. The maximum absolute atomic E-state index is 13.4. The van der Waals surface area contributed by atoms with Gasteiger partial charge in [0.05, 0.1) is 35.9 Å². The van der Waals surface area contributed by atoms with Gasteiger partial charge in [0, 0.05) is 18.7 Å². The van der Waals surface area contributed by atoms with Crippen LogP contribution in [0.2, 0.25) is 0 Å².